The molecule has 9 heteroatoms. The number of nitro groups is 1. The highest BCUT2D eigenvalue weighted by molar-refractivity contribution is 6.07. The first kappa shape index (κ1) is 23.2. The standard InChI is InChI=1S/C21H26N2O7/c1-12(2)30-21(25)18-14(4)22-13(3)17(20(24)29-10-9-28-5)19(18)15-7-6-8-16(11-15)23(26)27/h6-8,11-12,18-19H,9-10H2,1-5H3/t18?,19-/m0/s1. The first-order valence-electron chi connectivity index (χ1n) is 9.54. The Hall–Kier alpha value is -3.07. The minimum absolute atomic E-state index is 0.0254. The van der Waals surface area contributed by atoms with Crippen LogP contribution in [0.4, 0.5) is 5.69 Å². The van der Waals surface area contributed by atoms with Gasteiger partial charge in [0.15, 0.2) is 0 Å². The molecule has 0 fully saturated rings. The number of allylic oxidation sites excluding steroid dienone is 1. The van der Waals surface area contributed by atoms with Gasteiger partial charge in [0.2, 0.25) is 0 Å². The van der Waals surface area contributed by atoms with Crippen molar-refractivity contribution in [1.29, 1.82) is 0 Å². The van der Waals surface area contributed by atoms with Crippen LogP contribution in [0.15, 0.2) is 40.5 Å². The van der Waals surface area contributed by atoms with Crippen molar-refractivity contribution in [3.8, 4) is 0 Å². The highest BCUT2D eigenvalue weighted by Crippen LogP contribution is 2.41. The summed E-state index contributed by atoms with van der Waals surface area (Å²) in [6, 6.07) is 5.86. The molecule has 0 aromatic heterocycles. The van der Waals surface area contributed by atoms with E-state index in [0.29, 0.717) is 17.0 Å². The van der Waals surface area contributed by atoms with Crippen molar-refractivity contribution in [2.45, 2.75) is 39.7 Å². The van der Waals surface area contributed by atoms with Crippen LogP contribution in [0.2, 0.25) is 0 Å². The summed E-state index contributed by atoms with van der Waals surface area (Å²) in [6.45, 7) is 6.99. The van der Waals surface area contributed by atoms with Gasteiger partial charge in [-0.15, -0.1) is 0 Å². The molecule has 0 amide bonds. The quantitative estimate of drug-likeness (QED) is 0.275. The lowest BCUT2D eigenvalue weighted by Crippen LogP contribution is -2.37. The fourth-order valence-corrected chi connectivity index (χ4v) is 3.40. The number of ether oxygens (including phenoxy) is 3. The molecule has 1 aliphatic heterocycles. The molecule has 1 unspecified atom stereocenters. The molecule has 1 aliphatic rings. The fraction of sp³-hybridized carbons (Fsp3) is 0.476. The summed E-state index contributed by atoms with van der Waals surface area (Å²) in [5.74, 6) is -2.95. The molecule has 0 aliphatic carbocycles. The van der Waals surface area contributed by atoms with Gasteiger partial charge in [0, 0.05) is 36.6 Å². The highest BCUT2D eigenvalue weighted by Gasteiger charge is 2.43. The second kappa shape index (κ2) is 10.1. The smallest absolute Gasteiger partial charge is 0.336 e. The summed E-state index contributed by atoms with van der Waals surface area (Å²) in [5, 5.41) is 11.3. The number of benzene rings is 1. The molecule has 9 nitrogen and oxygen atoms in total. The number of rotatable bonds is 8. The number of aliphatic imine (C=N–C) groups is 1. The van der Waals surface area contributed by atoms with Crippen molar-refractivity contribution in [2.24, 2.45) is 10.9 Å². The molecular weight excluding hydrogens is 392 g/mol. The number of non-ortho nitro benzene ring substituents is 1. The first-order chi connectivity index (χ1) is 14.2. The Morgan fingerprint density at radius 3 is 2.53 bits per heavy atom. The highest BCUT2D eigenvalue weighted by atomic mass is 16.6. The third kappa shape index (κ3) is 5.29. The number of nitrogens with zero attached hydrogens (tertiary/aromatic N) is 2. The van der Waals surface area contributed by atoms with Crippen LogP contribution in [-0.2, 0) is 23.8 Å². The van der Waals surface area contributed by atoms with Crippen molar-refractivity contribution >= 4 is 23.3 Å². The molecule has 0 radical (unpaired) electrons. The average molecular weight is 418 g/mol. The second-order valence-corrected chi connectivity index (χ2v) is 7.17. The van der Waals surface area contributed by atoms with Crippen molar-refractivity contribution in [1.82, 2.24) is 0 Å². The zero-order chi connectivity index (χ0) is 22.4. The molecule has 2 atom stereocenters. The van der Waals surface area contributed by atoms with Crippen molar-refractivity contribution in [2.75, 3.05) is 20.3 Å². The van der Waals surface area contributed by atoms with E-state index >= 15 is 0 Å². The maximum Gasteiger partial charge on any atom is 0.336 e. The van der Waals surface area contributed by atoms with E-state index in [4.69, 9.17) is 14.2 Å². The third-order valence-electron chi connectivity index (χ3n) is 4.61. The Kier molecular flexibility index (Phi) is 7.82. The molecule has 0 N–H and O–H groups in total. The molecule has 0 saturated carbocycles. The first-order valence-corrected chi connectivity index (χ1v) is 9.54. The molecule has 1 heterocycles. The van der Waals surface area contributed by atoms with Crippen LogP contribution >= 0.6 is 0 Å². The molecule has 2 rings (SSSR count). The van der Waals surface area contributed by atoms with Crippen LogP contribution < -0.4 is 0 Å². The van der Waals surface area contributed by atoms with Gasteiger partial charge in [-0.1, -0.05) is 12.1 Å². The maximum absolute atomic E-state index is 12.9. The van der Waals surface area contributed by atoms with Gasteiger partial charge in [0.25, 0.3) is 5.69 Å². The van der Waals surface area contributed by atoms with E-state index in [2.05, 4.69) is 4.99 Å². The Bertz CT molecular complexity index is 889. The predicted octanol–water partition coefficient (Wildman–Crippen LogP) is 3.18. The maximum atomic E-state index is 12.9. The van der Waals surface area contributed by atoms with Gasteiger partial charge in [0.1, 0.15) is 12.5 Å². The molecule has 0 bridgehead atoms. The summed E-state index contributed by atoms with van der Waals surface area (Å²) >= 11 is 0. The van der Waals surface area contributed by atoms with E-state index in [1.165, 1.54) is 25.3 Å². The molecule has 30 heavy (non-hydrogen) atoms. The van der Waals surface area contributed by atoms with Gasteiger partial charge in [-0.3, -0.25) is 19.9 Å². The topological polar surface area (TPSA) is 117 Å². The molecule has 0 saturated heterocycles. The number of hydrogen-bond acceptors (Lipinski definition) is 8. The van der Waals surface area contributed by atoms with Crippen LogP contribution in [0.25, 0.3) is 0 Å². The van der Waals surface area contributed by atoms with E-state index in [9.17, 15) is 19.7 Å². The Morgan fingerprint density at radius 1 is 1.23 bits per heavy atom. The molecule has 162 valence electrons. The minimum Gasteiger partial charge on any atom is -0.462 e. The van der Waals surface area contributed by atoms with Crippen molar-refractivity contribution in [3.05, 3.63) is 51.2 Å². The van der Waals surface area contributed by atoms with Gasteiger partial charge in [-0.2, -0.15) is 0 Å². The van der Waals surface area contributed by atoms with Gasteiger partial charge in [-0.05, 0) is 33.3 Å². The number of nitro benzene ring substituents is 1. The lowest BCUT2D eigenvalue weighted by molar-refractivity contribution is -0.384. The molecule has 1 aromatic carbocycles. The Balaban J connectivity index is 2.59. The number of methoxy groups -OCH3 is 1. The summed E-state index contributed by atoms with van der Waals surface area (Å²) < 4.78 is 15.6. The normalized spacial score (nSPS) is 18.8. The molecule has 0 spiro atoms. The lowest BCUT2D eigenvalue weighted by atomic mass is 9.75. The SMILES string of the molecule is COCCOC(=O)C1=C(C)N=C(C)C(C(=O)OC(C)C)[C@H]1c1cccc([N+](=O)[O-])c1. The van der Waals surface area contributed by atoms with Crippen LogP contribution in [-0.4, -0.2) is 49.0 Å². The molecule has 1 aromatic rings. The largest absolute Gasteiger partial charge is 0.462 e. The fourth-order valence-electron chi connectivity index (χ4n) is 3.40. The second-order valence-electron chi connectivity index (χ2n) is 7.17. The van der Waals surface area contributed by atoms with Gasteiger partial charge >= 0.3 is 11.9 Å². The predicted molar refractivity (Wildman–Crippen MR) is 109 cm³/mol. The third-order valence-corrected chi connectivity index (χ3v) is 4.61. The van der Waals surface area contributed by atoms with E-state index in [1.807, 2.05) is 0 Å². The summed E-state index contributed by atoms with van der Waals surface area (Å²) in [5.41, 5.74) is 1.31. The van der Waals surface area contributed by atoms with Gasteiger partial charge in [-0.25, -0.2) is 4.79 Å². The number of carbonyl (C=O) groups is 2. The van der Waals surface area contributed by atoms with Crippen LogP contribution in [0.3, 0.4) is 0 Å². The Morgan fingerprint density at radius 2 is 1.93 bits per heavy atom. The zero-order valence-corrected chi connectivity index (χ0v) is 17.7. The zero-order valence-electron chi connectivity index (χ0n) is 17.7. The van der Waals surface area contributed by atoms with Gasteiger partial charge < -0.3 is 14.2 Å². The number of carbonyl (C=O) groups excluding carboxylic acids is 2. The molecular formula is C21H26N2O7. The monoisotopic (exact) mass is 418 g/mol. The van der Waals surface area contributed by atoms with Gasteiger partial charge in [0.05, 0.1) is 23.2 Å². The lowest BCUT2D eigenvalue weighted by Gasteiger charge is -2.32. The average Bonchev–Trinajstić information content (AvgIpc) is 2.66. The van der Waals surface area contributed by atoms with Crippen LogP contribution in [0, 0.1) is 16.0 Å². The van der Waals surface area contributed by atoms with E-state index in [-0.39, 0.29) is 30.6 Å². The van der Waals surface area contributed by atoms with E-state index in [0.717, 1.165) is 0 Å². The van der Waals surface area contributed by atoms with E-state index in [1.54, 1.807) is 33.8 Å². The number of esters is 2. The van der Waals surface area contributed by atoms with E-state index < -0.39 is 28.7 Å². The van der Waals surface area contributed by atoms with Crippen LogP contribution in [0.5, 0.6) is 0 Å². The van der Waals surface area contributed by atoms with Crippen molar-refractivity contribution < 1.29 is 28.7 Å². The number of hydrogen-bond donors (Lipinski definition) is 0. The Labute approximate surface area is 174 Å². The summed E-state index contributed by atoms with van der Waals surface area (Å²) in [7, 11) is 1.48. The summed E-state index contributed by atoms with van der Waals surface area (Å²) in [6.07, 6.45) is -0.375. The van der Waals surface area contributed by atoms with Crippen LogP contribution in [0.1, 0.15) is 39.2 Å². The summed E-state index contributed by atoms with van der Waals surface area (Å²) in [4.78, 5) is 41.0. The minimum atomic E-state index is -0.914. The van der Waals surface area contributed by atoms with Crippen molar-refractivity contribution in [3.63, 3.8) is 0 Å².